The van der Waals surface area contributed by atoms with Crippen LogP contribution in [-0.2, 0) is 0 Å². The summed E-state index contributed by atoms with van der Waals surface area (Å²) in [5.74, 6) is 0.788. The minimum absolute atomic E-state index is 0.680. The Morgan fingerprint density at radius 2 is 2.29 bits per heavy atom. The lowest BCUT2D eigenvalue weighted by atomic mass is 10.2. The highest BCUT2D eigenvalue weighted by Crippen LogP contribution is 2.36. The molecule has 0 fully saturated rings. The average Bonchev–Trinajstić information content (AvgIpc) is 2.63. The molecule has 1 aromatic carbocycles. The molecule has 0 aliphatic rings. The number of methoxy groups -OCH3 is 1. The van der Waals surface area contributed by atoms with Crippen molar-refractivity contribution >= 4 is 34.1 Å². The monoisotopic (exact) mass is 221 g/mol. The lowest BCUT2D eigenvalue weighted by molar-refractivity contribution is 0.419. The van der Waals surface area contributed by atoms with Gasteiger partial charge in [0, 0.05) is 10.3 Å². The van der Waals surface area contributed by atoms with Crippen LogP contribution in [0.15, 0.2) is 23.1 Å². The zero-order valence-corrected chi connectivity index (χ0v) is 9.15. The molecule has 14 heavy (non-hydrogen) atoms. The van der Waals surface area contributed by atoms with E-state index in [1.807, 2.05) is 18.2 Å². The molecule has 0 amide bonds. The summed E-state index contributed by atoms with van der Waals surface area (Å²) in [5, 5.41) is 9.75. The molecule has 2 aromatic rings. The number of hydrogen-bond acceptors (Lipinski definition) is 4. The van der Waals surface area contributed by atoms with E-state index < -0.39 is 0 Å². The Balaban J connectivity index is 2.83. The second kappa shape index (κ2) is 3.52. The Morgan fingerprint density at radius 3 is 2.93 bits per heavy atom. The van der Waals surface area contributed by atoms with Crippen molar-refractivity contribution in [1.29, 1.82) is 5.26 Å². The maximum absolute atomic E-state index is 8.79. The van der Waals surface area contributed by atoms with E-state index in [2.05, 4.69) is 18.7 Å². The van der Waals surface area contributed by atoms with E-state index in [0.29, 0.717) is 4.88 Å². The van der Waals surface area contributed by atoms with Gasteiger partial charge in [0.1, 0.15) is 16.7 Å². The predicted molar refractivity (Wildman–Crippen MR) is 60.3 cm³/mol. The summed E-state index contributed by atoms with van der Waals surface area (Å²) in [5.41, 5.74) is 0. The van der Waals surface area contributed by atoms with E-state index in [9.17, 15) is 0 Å². The van der Waals surface area contributed by atoms with Gasteiger partial charge in [0.25, 0.3) is 0 Å². The third kappa shape index (κ3) is 1.35. The number of nitrogens with zero attached hydrogens (tertiary/aromatic N) is 1. The molecule has 70 valence electrons. The van der Waals surface area contributed by atoms with Crippen LogP contribution in [0.25, 0.3) is 10.1 Å². The molecule has 0 bridgehead atoms. The van der Waals surface area contributed by atoms with Gasteiger partial charge in [-0.25, -0.2) is 0 Å². The standard InChI is InChI=1S/C10H7NOS2/c1-12-8-2-3-9(13)10-7(8)4-6(5-11)14-10/h2-4,13H,1H3. The summed E-state index contributed by atoms with van der Waals surface area (Å²) in [6, 6.07) is 7.69. The number of rotatable bonds is 1. The SMILES string of the molecule is COc1ccc(S)c2sc(C#N)cc12. The van der Waals surface area contributed by atoms with Gasteiger partial charge in [-0.3, -0.25) is 0 Å². The van der Waals surface area contributed by atoms with Crippen LogP contribution in [0.3, 0.4) is 0 Å². The molecule has 0 spiro atoms. The largest absolute Gasteiger partial charge is 0.496 e. The quantitative estimate of drug-likeness (QED) is 0.751. The van der Waals surface area contributed by atoms with Crippen molar-refractivity contribution in [2.24, 2.45) is 0 Å². The molecule has 0 unspecified atom stereocenters. The summed E-state index contributed by atoms with van der Waals surface area (Å²) in [6.07, 6.45) is 0. The van der Waals surface area contributed by atoms with Crippen LogP contribution in [0.4, 0.5) is 0 Å². The molecule has 0 atom stereocenters. The van der Waals surface area contributed by atoms with Crippen LogP contribution in [0.5, 0.6) is 5.75 Å². The molecule has 2 nitrogen and oxygen atoms in total. The van der Waals surface area contributed by atoms with Crippen LogP contribution in [0.1, 0.15) is 4.88 Å². The second-order valence-electron chi connectivity index (χ2n) is 2.75. The van der Waals surface area contributed by atoms with Gasteiger partial charge < -0.3 is 4.74 Å². The van der Waals surface area contributed by atoms with Crippen LogP contribution < -0.4 is 4.74 Å². The molecular weight excluding hydrogens is 214 g/mol. The van der Waals surface area contributed by atoms with Gasteiger partial charge in [0.05, 0.1) is 11.8 Å². The summed E-state index contributed by atoms with van der Waals surface area (Å²) >= 11 is 5.77. The first-order valence-corrected chi connectivity index (χ1v) is 5.22. The Hall–Kier alpha value is -1.18. The van der Waals surface area contributed by atoms with Gasteiger partial charge in [-0.15, -0.1) is 24.0 Å². The average molecular weight is 221 g/mol. The fourth-order valence-corrected chi connectivity index (χ4v) is 2.53. The molecule has 0 N–H and O–H groups in total. The predicted octanol–water partition coefficient (Wildman–Crippen LogP) is 3.07. The Labute approximate surface area is 91.1 Å². The minimum Gasteiger partial charge on any atom is -0.496 e. The summed E-state index contributed by atoms with van der Waals surface area (Å²) in [4.78, 5) is 1.56. The topological polar surface area (TPSA) is 33.0 Å². The zero-order chi connectivity index (χ0) is 10.1. The van der Waals surface area contributed by atoms with Crippen molar-refractivity contribution in [2.75, 3.05) is 7.11 Å². The van der Waals surface area contributed by atoms with Crippen LogP contribution in [-0.4, -0.2) is 7.11 Å². The fraction of sp³-hybridized carbons (Fsp3) is 0.100. The molecule has 1 aromatic heterocycles. The van der Waals surface area contributed by atoms with E-state index in [4.69, 9.17) is 10.00 Å². The van der Waals surface area contributed by atoms with Crippen molar-refractivity contribution in [3.05, 3.63) is 23.1 Å². The maximum Gasteiger partial charge on any atom is 0.127 e. The van der Waals surface area contributed by atoms with Crippen molar-refractivity contribution < 1.29 is 4.74 Å². The normalized spacial score (nSPS) is 10.1. The number of thiol groups is 1. The third-order valence-electron chi connectivity index (χ3n) is 1.95. The number of benzene rings is 1. The summed E-state index contributed by atoms with van der Waals surface area (Å²) in [6.45, 7) is 0. The molecule has 0 aliphatic carbocycles. The second-order valence-corrected chi connectivity index (χ2v) is 4.29. The molecule has 0 radical (unpaired) electrons. The van der Waals surface area contributed by atoms with Gasteiger partial charge in [0.2, 0.25) is 0 Å². The lowest BCUT2D eigenvalue weighted by Gasteiger charge is -2.01. The smallest absolute Gasteiger partial charge is 0.127 e. The van der Waals surface area contributed by atoms with Crippen molar-refractivity contribution in [3.8, 4) is 11.8 Å². The Bertz CT molecular complexity index is 525. The van der Waals surface area contributed by atoms with Crippen LogP contribution >= 0.6 is 24.0 Å². The van der Waals surface area contributed by atoms with Crippen molar-refractivity contribution in [2.45, 2.75) is 4.90 Å². The highest BCUT2D eigenvalue weighted by Gasteiger charge is 2.08. The van der Waals surface area contributed by atoms with Crippen molar-refractivity contribution in [1.82, 2.24) is 0 Å². The number of nitriles is 1. The molecule has 1 heterocycles. The van der Waals surface area contributed by atoms with Gasteiger partial charge in [-0.05, 0) is 18.2 Å². The first kappa shape index (κ1) is 9.38. The number of hydrogen-bond donors (Lipinski definition) is 1. The van der Waals surface area contributed by atoms with E-state index in [0.717, 1.165) is 20.7 Å². The molecular formula is C10H7NOS2. The molecule has 4 heteroatoms. The first-order valence-electron chi connectivity index (χ1n) is 3.96. The highest BCUT2D eigenvalue weighted by molar-refractivity contribution is 7.80. The number of ether oxygens (including phenoxy) is 1. The van der Waals surface area contributed by atoms with E-state index in [-0.39, 0.29) is 0 Å². The number of thiophene rings is 1. The van der Waals surface area contributed by atoms with Gasteiger partial charge in [-0.1, -0.05) is 0 Å². The molecule has 0 saturated carbocycles. The summed E-state index contributed by atoms with van der Waals surface area (Å²) in [7, 11) is 1.62. The van der Waals surface area contributed by atoms with E-state index >= 15 is 0 Å². The van der Waals surface area contributed by atoms with Crippen LogP contribution in [0.2, 0.25) is 0 Å². The lowest BCUT2D eigenvalue weighted by Crippen LogP contribution is -1.82. The minimum atomic E-state index is 0.680. The van der Waals surface area contributed by atoms with Gasteiger partial charge in [-0.2, -0.15) is 5.26 Å². The fourth-order valence-electron chi connectivity index (χ4n) is 1.32. The Kier molecular flexibility index (Phi) is 2.36. The molecule has 0 saturated heterocycles. The number of fused-ring (bicyclic) bond motifs is 1. The highest BCUT2D eigenvalue weighted by atomic mass is 32.1. The van der Waals surface area contributed by atoms with Crippen molar-refractivity contribution in [3.63, 3.8) is 0 Å². The van der Waals surface area contributed by atoms with Gasteiger partial charge >= 0.3 is 0 Å². The Morgan fingerprint density at radius 1 is 1.50 bits per heavy atom. The third-order valence-corrected chi connectivity index (χ3v) is 3.55. The van der Waals surface area contributed by atoms with Gasteiger partial charge in [0.15, 0.2) is 0 Å². The zero-order valence-electron chi connectivity index (χ0n) is 7.44. The van der Waals surface area contributed by atoms with E-state index in [1.54, 1.807) is 7.11 Å². The molecule has 0 aliphatic heterocycles. The van der Waals surface area contributed by atoms with Crippen LogP contribution in [0, 0.1) is 11.3 Å². The van der Waals surface area contributed by atoms with E-state index in [1.165, 1.54) is 11.3 Å². The maximum atomic E-state index is 8.79. The first-order chi connectivity index (χ1) is 6.76. The molecule has 2 rings (SSSR count). The summed E-state index contributed by atoms with van der Waals surface area (Å²) < 4.78 is 6.21.